The minimum Gasteiger partial charge on any atom is -0.481 e. The van der Waals surface area contributed by atoms with Crippen molar-refractivity contribution < 1.29 is 18.3 Å². The lowest BCUT2D eigenvalue weighted by Crippen LogP contribution is -2.50. The first kappa shape index (κ1) is 14.1. The average molecular weight is 293 g/mol. The molecule has 0 aromatic heterocycles. The lowest BCUT2D eigenvalue weighted by molar-refractivity contribution is -0.138. The summed E-state index contributed by atoms with van der Waals surface area (Å²) in [6, 6.07) is -0.341. The van der Waals surface area contributed by atoms with Crippen molar-refractivity contribution in [1.29, 1.82) is 0 Å². The van der Waals surface area contributed by atoms with Crippen LogP contribution in [0, 0.1) is 5.92 Å². The third-order valence-corrected chi connectivity index (χ3v) is 6.51. The van der Waals surface area contributed by atoms with Crippen molar-refractivity contribution in [1.82, 2.24) is 4.90 Å². The number of rotatable bonds is 4. The van der Waals surface area contributed by atoms with Crippen molar-refractivity contribution in [3.8, 4) is 0 Å². The van der Waals surface area contributed by atoms with E-state index in [0.29, 0.717) is 12.5 Å². The van der Waals surface area contributed by atoms with Crippen LogP contribution in [-0.4, -0.2) is 66.5 Å². The van der Waals surface area contributed by atoms with Crippen molar-refractivity contribution in [3.63, 3.8) is 0 Å². The van der Waals surface area contributed by atoms with Gasteiger partial charge in [-0.1, -0.05) is 0 Å². The average Bonchev–Trinajstić information content (AvgIpc) is 2.73. The van der Waals surface area contributed by atoms with Gasteiger partial charge in [0.05, 0.1) is 17.9 Å². The normalized spacial score (nSPS) is 32.4. The zero-order chi connectivity index (χ0) is 13.2. The van der Waals surface area contributed by atoms with Gasteiger partial charge in [-0.2, -0.15) is 11.8 Å². The minimum absolute atomic E-state index is 0.000830. The zero-order valence-corrected chi connectivity index (χ0v) is 11.9. The lowest BCUT2D eigenvalue weighted by atomic mass is 10.1. The summed E-state index contributed by atoms with van der Waals surface area (Å²) in [5.74, 6) is 2.13. The highest BCUT2D eigenvalue weighted by Crippen LogP contribution is 2.26. The molecule has 2 aliphatic rings. The maximum Gasteiger partial charge on any atom is 0.304 e. The fourth-order valence-corrected chi connectivity index (χ4v) is 5.48. The van der Waals surface area contributed by atoms with Crippen molar-refractivity contribution in [3.05, 3.63) is 0 Å². The number of carboxylic acids is 1. The van der Waals surface area contributed by atoms with E-state index in [0.717, 1.165) is 18.7 Å². The molecule has 2 fully saturated rings. The first-order valence-electron chi connectivity index (χ1n) is 6.20. The molecule has 5 nitrogen and oxygen atoms in total. The maximum atomic E-state index is 11.6. The van der Waals surface area contributed by atoms with Crippen LogP contribution in [0.4, 0.5) is 0 Å². The third-order valence-electron chi connectivity index (χ3n) is 3.58. The zero-order valence-electron chi connectivity index (χ0n) is 10.2. The molecule has 2 unspecified atom stereocenters. The number of carboxylic acid groups (broad SMARTS) is 1. The number of sulfone groups is 1. The van der Waals surface area contributed by atoms with Crippen LogP contribution in [0.3, 0.4) is 0 Å². The van der Waals surface area contributed by atoms with Crippen LogP contribution in [0.15, 0.2) is 0 Å². The van der Waals surface area contributed by atoms with E-state index in [4.69, 9.17) is 5.11 Å². The van der Waals surface area contributed by atoms with Gasteiger partial charge in [-0.25, -0.2) is 8.42 Å². The number of hydrogen-bond acceptors (Lipinski definition) is 5. The molecule has 18 heavy (non-hydrogen) atoms. The number of aliphatic carboxylic acids is 1. The summed E-state index contributed by atoms with van der Waals surface area (Å²) in [4.78, 5) is 12.9. The largest absolute Gasteiger partial charge is 0.481 e. The molecule has 104 valence electrons. The van der Waals surface area contributed by atoms with Crippen LogP contribution in [0.5, 0.6) is 0 Å². The van der Waals surface area contributed by atoms with Crippen molar-refractivity contribution in [2.24, 2.45) is 5.92 Å². The van der Waals surface area contributed by atoms with Gasteiger partial charge in [0.15, 0.2) is 9.84 Å². The molecule has 0 amide bonds. The van der Waals surface area contributed by atoms with Crippen molar-refractivity contribution >= 4 is 27.6 Å². The highest BCUT2D eigenvalue weighted by molar-refractivity contribution is 7.99. The summed E-state index contributed by atoms with van der Waals surface area (Å²) in [6.07, 6.45) is 1.09. The van der Waals surface area contributed by atoms with Crippen LogP contribution in [0.1, 0.15) is 12.8 Å². The Bertz CT molecular complexity index is 403. The first-order chi connectivity index (χ1) is 8.46. The predicted molar refractivity (Wildman–Crippen MR) is 71.7 cm³/mol. The van der Waals surface area contributed by atoms with Crippen LogP contribution in [-0.2, 0) is 14.6 Å². The molecule has 2 aliphatic heterocycles. The summed E-state index contributed by atoms with van der Waals surface area (Å²) in [5, 5.41) is 8.89. The van der Waals surface area contributed by atoms with Gasteiger partial charge in [0.1, 0.15) is 0 Å². The summed E-state index contributed by atoms with van der Waals surface area (Å²) >= 11 is 1.92. The van der Waals surface area contributed by atoms with E-state index in [1.807, 2.05) is 11.8 Å². The van der Waals surface area contributed by atoms with Gasteiger partial charge in [-0.3, -0.25) is 9.69 Å². The Morgan fingerprint density at radius 3 is 2.83 bits per heavy atom. The second-order valence-electron chi connectivity index (χ2n) is 5.09. The Morgan fingerprint density at radius 2 is 2.22 bits per heavy atom. The Morgan fingerprint density at radius 1 is 1.44 bits per heavy atom. The molecule has 0 aromatic carbocycles. The summed E-state index contributed by atoms with van der Waals surface area (Å²) in [6.45, 7) is 1.34. The number of nitrogens with zero attached hydrogens (tertiary/aromatic N) is 1. The molecule has 0 aromatic rings. The maximum absolute atomic E-state index is 11.6. The fourth-order valence-electron chi connectivity index (χ4n) is 2.61. The summed E-state index contributed by atoms with van der Waals surface area (Å²) in [7, 11) is -3.05. The van der Waals surface area contributed by atoms with Gasteiger partial charge in [-0.15, -0.1) is 0 Å². The molecule has 0 bridgehead atoms. The highest BCUT2D eigenvalue weighted by atomic mass is 32.2. The van der Waals surface area contributed by atoms with Gasteiger partial charge < -0.3 is 5.11 Å². The quantitative estimate of drug-likeness (QED) is 0.804. The van der Waals surface area contributed by atoms with E-state index < -0.39 is 15.8 Å². The topological polar surface area (TPSA) is 74.7 Å². The van der Waals surface area contributed by atoms with E-state index in [9.17, 15) is 13.2 Å². The number of hydrogen-bond donors (Lipinski definition) is 1. The number of carbonyl (C=O) groups is 1. The van der Waals surface area contributed by atoms with Gasteiger partial charge in [0.2, 0.25) is 0 Å². The molecule has 2 saturated heterocycles. The number of thioether (sulfide) groups is 1. The summed E-state index contributed by atoms with van der Waals surface area (Å²) < 4.78 is 23.2. The Balaban J connectivity index is 1.99. The van der Waals surface area contributed by atoms with Gasteiger partial charge in [0.25, 0.3) is 0 Å². The molecule has 0 aliphatic carbocycles. The Hall–Kier alpha value is -0.270. The second kappa shape index (κ2) is 5.79. The van der Waals surface area contributed by atoms with Crippen LogP contribution in [0.2, 0.25) is 0 Å². The Kier molecular flexibility index (Phi) is 4.55. The SMILES string of the molecule is O=C(O)CC1CS(=O)(=O)CCN1CC1CCSC1. The van der Waals surface area contributed by atoms with Gasteiger partial charge in [-0.05, 0) is 23.8 Å². The van der Waals surface area contributed by atoms with Crippen LogP contribution >= 0.6 is 11.8 Å². The van der Waals surface area contributed by atoms with Crippen molar-refractivity contribution in [2.75, 3.05) is 36.1 Å². The van der Waals surface area contributed by atoms with Gasteiger partial charge >= 0.3 is 5.97 Å². The van der Waals surface area contributed by atoms with Crippen LogP contribution in [0.25, 0.3) is 0 Å². The van der Waals surface area contributed by atoms with E-state index >= 15 is 0 Å². The van der Waals surface area contributed by atoms with E-state index in [1.165, 1.54) is 5.75 Å². The molecular weight excluding hydrogens is 274 g/mol. The highest BCUT2D eigenvalue weighted by Gasteiger charge is 2.34. The standard InChI is InChI=1S/C11H19NO4S2/c13-11(14)5-10-8-18(15,16)4-2-12(10)6-9-1-3-17-7-9/h9-10H,1-8H2,(H,13,14). The predicted octanol–water partition coefficient (Wildman–Crippen LogP) is 0.313. The van der Waals surface area contributed by atoms with E-state index in [-0.39, 0.29) is 24.0 Å². The van der Waals surface area contributed by atoms with E-state index in [2.05, 4.69) is 4.90 Å². The molecule has 2 rings (SSSR count). The molecule has 2 heterocycles. The fraction of sp³-hybridized carbons (Fsp3) is 0.909. The molecule has 0 spiro atoms. The third kappa shape index (κ3) is 3.86. The molecule has 7 heteroatoms. The molecule has 0 saturated carbocycles. The molecular formula is C11H19NO4S2. The molecule has 0 radical (unpaired) electrons. The summed E-state index contributed by atoms with van der Waals surface area (Å²) in [5.41, 5.74) is 0. The van der Waals surface area contributed by atoms with Crippen LogP contribution < -0.4 is 0 Å². The van der Waals surface area contributed by atoms with E-state index in [1.54, 1.807) is 0 Å². The monoisotopic (exact) mass is 293 g/mol. The van der Waals surface area contributed by atoms with Gasteiger partial charge in [0, 0.05) is 19.1 Å². The van der Waals surface area contributed by atoms with Crippen molar-refractivity contribution in [2.45, 2.75) is 18.9 Å². The molecule has 2 atom stereocenters. The minimum atomic E-state index is -3.05. The molecule has 1 N–H and O–H groups in total. The second-order valence-corrected chi connectivity index (χ2v) is 8.47. The first-order valence-corrected chi connectivity index (χ1v) is 9.18. The smallest absolute Gasteiger partial charge is 0.304 e. The Labute approximate surface area is 112 Å². The lowest BCUT2D eigenvalue weighted by Gasteiger charge is -2.36.